The summed E-state index contributed by atoms with van der Waals surface area (Å²) in [7, 11) is 0. The van der Waals surface area contributed by atoms with Crippen molar-refractivity contribution in [3.8, 4) is 11.3 Å². The number of hydrogen-bond acceptors (Lipinski definition) is 7. The van der Waals surface area contributed by atoms with Crippen LogP contribution in [0.15, 0.2) is 53.6 Å². The third-order valence-electron chi connectivity index (χ3n) is 6.78. The molecule has 1 aromatic carbocycles. The fourth-order valence-electron chi connectivity index (χ4n) is 4.56. The van der Waals surface area contributed by atoms with Crippen LogP contribution in [0.25, 0.3) is 17.0 Å². The zero-order valence-corrected chi connectivity index (χ0v) is 19.6. The van der Waals surface area contributed by atoms with Crippen molar-refractivity contribution >= 4 is 17.3 Å². The number of aromatic nitrogens is 3. The van der Waals surface area contributed by atoms with Gasteiger partial charge in [0.05, 0.1) is 17.6 Å². The van der Waals surface area contributed by atoms with Crippen LogP contribution in [0, 0.1) is 5.41 Å². The van der Waals surface area contributed by atoms with Crippen LogP contribution in [0.1, 0.15) is 66.8 Å². The van der Waals surface area contributed by atoms with Crippen molar-refractivity contribution < 1.29 is 5.11 Å². The molecular formula is C27H30N6O2. The van der Waals surface area contributed by atoms with Crippen molar-refractivity contribution in [3.05, 3.63) is 81.5 Å². The van der Waals surface area contributed by atoms with Crippen LogP contribution in [0.5, 0.6) is 0 Å². The highest BCUT2D eigenvalue weighted by Crippen LogP contribution is 2.33. The molecule has 8 heteroatoms. The van der Waals surface area contributed by atoms with Gasteiger partial charge in [0.1, 0.15) is 11.5 Å². The molecular weight excluding hydrogens is 440 g/mol. The summed E-state index contributed by atoms with van der Waals surface area (Å²) < 4.78 is 0. The maximum atomic E-state index is 12.4. The number of H-pyrrole nitrogens is 1. The summed E-state index contributed by atoms with van der Waals surface area (Å²) in [6, 6.07) is 10.2. The van der Waals surface area contributed by atoms with E-state index in [4.69, 9.17) is 11.1 Å². The van der Waals surface area contributed by atoms with Crippen LogP contribution >= 0.6 is 0 Å². The molecule has 0 spiro atoms. The Labute approximate surface area is 203 Å². The molecule has 5 rings (SSSR count). The highest BCUT2D eigenvalue weighted by atomic mass is 16.3. The number of aromatic amines is 1. The summed E-state index contributed by atoms with van der Waals surface area (Å²) in [5.74, 6) is 0.0866. The first-order valence-corrected chi connectivity index (χ1v) is 12.2. The predicted molar refractivity (Wildman–Crippen MR) is 137 cm³/mol. The quantitative estimate of drug-likeness (QED) is 0.246. The SMILES string of the molecule is N=C(/C=C(\O)c1nc(-c2c[nH]c(=O)c(C3CCCC3)c2)cnc1N)c1ccc(CNC2CC2)cc1. The Morgan fingerprint density at radius 2 is 1.94 bits per heavy atom. The topological polar surface area (TPSA) is 141 Å². The number of anilines is 1. The largest absolute Gasteiger partial charge is 0.505 e. The molecule has 0 atom stereocenters. The summed E-state index contributed by atoms with van der Waals surface area (Å²) >= 11 is 0. The molecule has 0 unspecified atom stereocenters. The second-order valence-electron chi connectivity index (χ2n) is 9.44. The molecule has 3 aromatic rings. The van der Waals surface area contributed by atoms with Crippen molar-refractivity contribution in [2.45, 2.75) is 57.0 Å². The normalized spacial score (nSPS) is 16.5. The summed E-state index contributed by atoms with van der Waals surface area (Å²) in [6.45, 7) is 0.811. The Balaban J connectivity index is 1.36. The lowest BCUT2D eigenvalue weighted by Gasteiger charge is -2.11. The number of pyridine rings is 1. The average Bonchev–Trinajstić information content (AvgIpc) is 3.54. The van der Waals surface area contributed by atoms with Gasteiger partial charge in [-0.1, -0.05) is 37.1 Å². The molecule has 35 heavy (non-hydrogen) atoms. The predicted octanol–water partition coefficient (Wildman–Crippen LogP) is 4.29. The molecule has 8 nitrogen and oxygen atoms in total. The van der Waals surface area contributed by atoms with E-state index in [-0.39, 0.29) is 34.5 Å². The molecule has 180 valence electrons. The molecule has 2 heterocycles. The van der Waals surface area contributed by atoms with E-state index < -0.39 is 0 Å². The summed E-state index contributed by atoms with van der Waals surface area (Å²) in [6.07, 6.45) is 11.2. The summed E-state index contributed by atoms with van der Waals surface area (Å²) in [5, 5.41) is 22.6. The molecule has 0 bridgehead atoms. The minimum Gasteiger partial charge on any atom is -0.505 e. The zero-order chi connectivity index (χ0) is 24.4. The molecule has 0 radical (unpaired) electrons. The first kappa shape index (κ1) is 23.0. The van der Waals surface area contributed by atoms with Crippen molar-refractivity contribution in [1.82, 2.24) is 20.3 Å². The van der Waals surface area contributed by atoms with E-state index in [0.29, 0.717) is 22.9 Å². The molecule has 0 aliphatic heterocycles. The number of nitrogens with two attached hydrogens (primary N) is 1. The van der Waals surface area contributed by atoms with Gasteiger partial charge in [0, 0.05) is 36.0 Å². The van der Waals surface area contributed by atoms with Gasteiger partial charge < -0.3 is 26.6 Å². The van der Waals surface area contributed by atoms with E-state index in [1.807, 2.05) is 30.3 Å². The molecule has 0 amide bonds. The Morgan fingerprint density at radius 1 is 1.20 bits per heavy atom. The average molecular weight is 471 g/mol. The second-order valence-corrected chi connectivity index (χ2v) is 9.44. The van der Waals surface area contributed by atoms with E-state index in [2.05, 4.69) is 20.3 Å². The van der Waals surface area contributed by atoms with Crippen LogP contribution < -0.4 is 16.6 Å². The van der Waals surface area contributed by atoms with E-state index in [1.54, 1.807) is 6.20 Å². The van der Waals surface area contributed by atoms with Crippen LogP contribution in [0.2, 0.25) is 0 Å². The standard InChI is InChI=1S/C27H30N6O2/c28-22(18-7-5-16(6-8-18)13-30-20-9-10-20)12-24(34)25-26(29)31-15-23(33-25)19-11-21(27(35)32-14-19)17-3-1-2-4-17/h5-8,11-12,14-15,17,20,28,30,34H,1-4,9-10,13H2,(H2,29,31)(H,32,35)/b24-12-,28-22?. The minimum atomic E-state index is -0.234. The lowest BCUT2D eigenvalue weighted by molar-refractivity contribution is 0.509. The zero-order valence-electron chi connectivity index (χ0n) is 19.6. The van der Waals surface area contributed by atoms with Gasteiger partial charge in [0.15, 0.2) is 5.82 Å². The second kappa shape index (κ2) is 9.84. The van der Waals surface area contributed by atoms with Crippen LogP contribution in [0.4, 0.5) is 5.82 Å². The van der Waals surface area contributed by atoms with Crippen molar-refractivity contribution in [3.63, 3.8) is 0 Å². The van der Waals surface area contributed by atoms with Crippen LogP contribution in [-0.4, -0.2) is 31.8 Å². The van der Waals surface area contributed by atoms with Gasteiger partial charge >= 0.3 is 0 Å². The van der Waals surface area contributed by atoms with E-state index >= 15 is 0 Å². The smallest absolute Gasteiger partial charge is 0.251 e. The van der Waals surface area contributed by atoms with Gasteiger partial charge in [0.25, 0.3) is 5.56 Å². The molecule has 2 aromatic heterocycles. The number of hydrogen-bond donors (Lipinski definition) is 5. The summed E-state index contributed by atoms with van der Waals surface area (Å²) in [5.41, 5.74) is 9.97. The lowest BCUT2D eigenvalue weighted by atomic mass is 9.97. The maximum absolute atomic E-state index is 12.4. The third kappa shape index (κ3) is 5.33. The fraction of sp³-hybridized carbons (Fsp3) is 0.333. The number of benzene rings is 1. The first-order valence-electron chi connectivity index (χ1n) is 12.2. The number of rotatable bonds is 8. The van der Waals surface area contributed by atoms with E-state index in [1.165, 1.54) is 25.1 Å². The molecule has 2 saturated carbocycles. The Kier molecular flexibility index (Phi) is 6.46. The number of aliphatic hydroxyl groups is 1. The number of allylic oxidation sites excluding steroid dienone is 1. The van der Waals surface area contributed by atoms with Crippen molar-refractivity contribution in [2.24, 2.45) is 0 Å². The summed E-state index contributed by atoms with van der Waals surface area (Å²) in [4.78, 5) is 23.9. The van der Waals surface area contributed by atoms with Crippen molar-refractivity contribution in [1.29, 1.82) is 5.41 Å². The molecule has 2 aliphatic carbocycles. The monoisotopic (exact) mass is 470 g/mol. The number of nitrogen functional groups attached to an aromatic ring is 1. The molecule has 6 N–H and O–H groups in total. The molecule has 2 aliphatic rings. The minimum absolute atomic E-state index is 0.0669. The van der Waals surface area contributed by atoms with Gasteiger partial charge in [-0.25, -0.2) is 9.97 Å². The van der Waals surface area contributed by atoms with E-state index in [9.17, 15) is 9.90 Å². The lowest BCUT2D eigenvalue weighted by Crippen LogP contribution is -2.15. The maximum Gasteiger partial charge on any atom is 0.251 e. The van der Waals surface area contributed by atoms with E-state index in [0.717, 1.165) is 43.4 Å². The van der Waals surface area contributed by atoms with Gasteiger partial charge in [-0.3, -0.25) is 4.79 Å². The Bertz CT molecular complexity index is 1320. The number of aliphatic hydroxyl groups excluding tert-OH is 1. The number of nitrogens with one attached hydrogen (secondary N) is 3. The first-order chi connectivity index (χ1) is 17.0. The highest BCUT2D eigenvalue weighted by molar-refractivity contribution is 6.09. The van der Waals surface area contributed by atoms with Gasteiger partial charge in [-0.15, -0.1) is 0 Å². The van der Waals surface area contributed by atoms with Gasteiger partial charge in [-0.2, -0.15) is 0 Å². The van der Waals surface area contributed by atoms with Gasteiger partial charge in [0.2, 0.25) is 0 Å². The van der Waals surface area contributed by atoms with Crippen LogP contribution in [-0.2, 0) is 6.54 Å². The third-order valence-corrected chi connectivity index (χ3v) is 6.78. The Morgan fingerprint density at radius 3 is 2.66 bits per heavy atom. The fourth-order valence-corrected chi connectivity index (χ4v) is 4.56. The Hall–Kier alpha value is -3.78. The number of nitrogens with zero attached hydrogens (tertiary/aromatic N) is 2. The van der Waals surface area contributed by atoms with Crippen LogP contribution in [0.3, 0.4) is 0 Å². The molecule has 2 fully saturated rings. The molecule has 0 saturated heterocycles. The van der Waals surface area contributed by atoms with Crippen molar-refractivity contribution in [2.75, 3.05) is 5.73 Å². The highest BCUT2D eigenvalue weighted by Gasteiger charge is 2.21. The van der Waals surface area contributed by atoms with Gasteiger partial charge in [-0.05, 0) is 48.8 Å².